The summed E-state index contributed by atoms with van der Waals surface area (Å²) in [6, 6.07) is 14.0. The summed E-state index contributed by atoms with van der Waals surface area (Å²) in [4.78, 5) is 1.18. The Balaban J connectivity index is 2.17. The van der Waals surface area contributed by atoms with Gasteiger partial charge >= 0.3 is 0 Å². The zero-order valence-electron chi connectivity index (χ0n) is 9.87. The molecular weight excluding hydrogens is 230 g/mol. The molecule has 0 aliphatic heterocycles. The molecular formula is C14H17NOS. The minimum atomic E-state index is -0.0533. The van der Waals surface area contributed by atoms with Crippen LogP contribution in [0.25, 0.3) is 0 Å². The first-order valence-electron chi connectivity index (χ1n) is 5.82. The first-order valence-corrected chi connectivity index (χ1v) is 6.70. The number of rotatable bonds is 5. The lowest BCUT2D eigenvalue weighted by Crippen LogP contribution is -2.30. The highest BCUT2D eigenvalue weighted by molar-refractivity contribution is 7.10. The average Bonchev–Trinajstić information content (AvgIpc) is 2.90. The molecule has 2 atom stereocenters. The van der Waals surface area contributed by atoms with Crippen LogP contribution in [0.2, 0.25) is 0 Å². The van der Waals surface area contributed by atoms with E-state index in [0.717, 1.165) is 12.2 Å². The van der Waals surface area contributed by atoms with Gasteiger partial charge in [0.15, 0.2) is 0 Å². The van der Waals surface area contributed by atoms with Gasteiger partial charge in [-0.2, -0.15) is 0 Å². The van der Waals surface area contributed by atoms with Crippen LogP contribution in [-0.4, -0.2) is 6.04 Å². The van der Waals surface area contributed by atoms with Gasteiger partial charge < -0.3 is 10.5 Å². The first-order chi connectivity index (χ1) is 8.31. The Morgan fingerprint density at radius 3 is 2.53 bits per heavy atom. The lowest BCUT2D eigenvalue weighted by molar-refractivity contribution is 0.174. The molecule has 0 saturated heterocycles. The van der Waals surface area contributed by atoms with Gasteiger partial charge in [-0.05, 0) is 30.0 Å². The Kier molecular flexibility index (Phi) is 4.18. The lowest BCUT2D eigenvalue weighted by atomic mass is 10.1. The van der Waals surface area contributed by atoms with Crippen LogP contribution in [0.1, 0.15) is 24.3 Å². The Hall–Kier alpha value is -1.32. The molecule has 2 N–H and O–H groups in total. The van der Waals surface area contributed by atoms with Gasteiger partial charge in [-0.15, -0.1) is 11.3 Å². The molecule has 0 saturated carbocycles. The highest BCUT2D eigenvalue weighted by Gasteiger charge is 2.21. The fourth-order valence-electron chi connectivity index (χ4n) is 1.67. The van der Waals surface area contributed by atoms with Crippen molar-refractivity contribution in [1.29, 1.82) is 0 Å². The Labute approximate surface area is 106 Å². The zero-order valence-corrected chi connectivity index (χ0v) is 10.7. The highest BCUT2D eigenvalue weighted by atomic mass is 32.1. The van der Waals surface area contributed by atoms with E-state index in [-0.39, 0.29) is 12.1 Å². The smallest absolute Gasteiger partial charge is 0.148 e. The van der Waals surface area contributed by atoms with Crippen molar-refractivity contribution in [3.63, 3.8) is 0 Å². The zero-order chi connectivity index (χ0) is 12.1. The molecule has 2 nitrogen and oxygen atoms in total. The van der Waals surface area contributed by atoms with E-state index in [9.17, 15) is 0 Å². The summed E-state index contributed by atoms with van der Waals surface area (Å²) in [5, 5.41) is 2.05. The third-order valence-corrected chi connectivity index (χ3v) is 3.62. The van der Waals surface area contributed by atoms with E-state index in [1.807, 2.05) is 36.4 Å². The summed E-state index contributed by atoms with van der Waals surface area (Å²) in [7, 11) is 0. The number of para-hydroxylation sites is 1. The summed E-state index contributed by atoms with van der Waals surface area (Å²) in [5.74, 6) is 0.870. The first kappa shape index (κ1) is 12.1. The van der Waals surface area contributed by atoms with E-state index in [2.05, 4.69) is 18.4 Å². The Morgan fingerprint density at radius 1 is 1.18 bits per heavy atom. The quantitative estimate of drug-likeness (QED) is 0.876. The minimum Gasteiger partial charge on any atom is -0.483 e. The van der Waals surface area contributed by atoms with Gasteiger partial charge in [0.25, 0.3) is 0 Å². The second-order valence-electron chi connectivity index (χ2n) is 3.94. The summed E-state index contributed by atoms with van der Waals surface area (Å²) in [6.07, 6.45) is 0.845. The molecule has 3 heteroatoms. The van der Waals surface area contributed by atoms with Crippen LogP contribution in [0.15, 0.2) is 47.8 Å². The fourth-order valence-corrected chi connectivity index (χ4v) is 2.50. The van der Waals surface area contributed by atoms with Gasteiger partial charge in [-0.1, -0.05) is 31.2 Å². The molecule has 0 amide bonds. The third-order valence-electron chi connectivity index (χ3n) is 2.69. The second-order valence-corrected chi connectivity index (χ2v) is 4.92. The van der Waals surface area contributed by atoms with Crippen molar-refractivity contribution in [2.75, 3.05) is 0 Å². The molecule has 17 heavy (non-hydrogen) atoms. The van der Waals surface area contributed by atoms with Crippen molar-refractivity contribution < 1.29 is 4.74 Å². The van der Waals surface area contributed by atoms with E-state index in [1.54, 1.807) is 11.3 Å². The molecule has 2 aromatic rings. The maximum absolute atomic E-state index is 6.14. The third kappa shape index (κ3) is 3.08. The summed E-state index contributed by atoms with van der Waals surface area (Å²) >= 11 is 1.69. The van der Waals surface area contributed by atoms with Crippen LogP contribution in [0.4, 0.5) is 0 Å². The Morgan fingerprint density at radius 2 is 1.94 bits per heavy atom. The van der Waals surface area contributed by atoms with Crippen LogP contribution in [0.5, 0.6) is 5.75 Å². The van der Waals surface area contributed by atoms with E-state index in [0.29, 0.717) is 0 Å². The molecule has 2 unspecified atom stereocenters. The van der Waals surface area contributed by atoms with Gasteiger partial charge in [0.2, 0.25) is 0 Å². The summed E-state index contributed by atoms with van der Waals surface area (Å²) < 4.78 is 6.00. The predicted molar refractivity (Wildman–Crippen MR) is 72.4 cm³/mol. The van der Waals surface area contributed by atoms with Gasteiger partial charge in [0.05, 0.1) is 0 Å². The molecule has 0 spiro atoms. The fraction of sp³-hybridized carbons (Fsp3) is 0.286. The average molecular weight is 247 g/mol. The van der Waals surface area contributed by atoms with Gasteiger partial charge in [0.1, 0.15) is 11.9 Å². The van der Waals surface area contributed by atoms with Crippen LogP contribution >= 0.6 is 11.3 Å². The standard InChI is InChI=1S/C14H17NOS/c1-2-12(15)14(13-9-6-10-17-13)16-11-7-4-3-5-8-11/h3-10,12,14H,2,15H2,1H3. The van der Waals surface area contributed by atoms with Crippen molar-refractivity contribution >= 4 is 11.3 Å². The second kappa shape index (κ2) is 5.84. The maximum Gasteiger partial charge on any atom is 0.148 e. The molecule has 0 fully saturated rings. The SMILES string of the molecule is CCC(N)C(Oc1ccccc1)c1cccs1. The Bertz CT molecular complexity index is 427. The molecule has 0 aliphatic carbocycles. The largest absolute Gasteiger partial charge is 0.483 e. The van der Waals surface area contributed by atoms with E-state index in [1.165, 1.54) is 4.88 Å². The number of ether oxygens (including phenoxy) is 1. The normalized spacial score (nSPS) is 14.2. The topological polar surface area (TPSA) is 35.2 Å². The minimum absolute atomic E-state index is 0.0221. The summed E-state index contributed by atoms with van der Waals surface area (Å²) in [5.41, 5.74) is 6.14. The molecule has 90 valence electrons. The van der Waals surface area contributed by atoms with Crippen LogP contribution < -0.4 is 10.5 Å². The monoisotopic (exact) mass is 247 g/mol. The lowest BCUT2D eigenvalue weighted by Gasteiger charge is -2.23. The van der Waals surface area contributed by atoms with Crippen LogP contribution in [0.3, 0.4) is 0 Å². The number of hydrogen-bond donors (Lipinski definition) is 1. The van der Waals surface area contributed by atoms with Crippen molar-refractivity contribution in [1.82, 2.24) is 0 Å². The molecule has 1 aromatic carbocycles. The highest BCUT2D eigenvalue weighted by Crippen LogP contribution is 2.28. The molecule has 1 heterocycles. The number of hydrogen-bond acceptors (Lipinski definition) is 3. The predicted octanol–water partition coefficient (Wildman–Crippen LogP) is 3.61. The van der Waals surface area contributed by atoms with E-state index >= 15 is 0 Å². The van der Waals surface area contributed by atoms with Crippen molar-refractivity contribution in [2.24, 2.45) is 5.73 Å². The van der Waals surface area contributed by atoms with E-state index < -0.39 is 0 Å². The molecule has 0 bridgehead atoms. The van der Waals surface area contributed by atoms with Crippen molar-refractivity contribution in [3.8, 4) is 5.75 Å². The van der Waals surface area contributed by atoms with Crippen molar-refractivity contribution in [3.05, 3.63) is 52.7 Å². The van der Waals surface area contributed by atoms with Gasteiger partial charge in [0, 0.05) is 10.9 Å². The van der Waals surface area contributed by atoms with Crippen LogP contribution in [0, 0.1) is 0 Å². The van der Waals surface area contributed by atoms with Crippen molar-refractivity contribution in [2.45, 2.75) is 25.5 Å². The molecule has 0 aliphatic rings. The maximum atomic E-state index is 6.14. The van der Waals surface area contributed by atoms with E-state index in [4.69, 9.17) is 10.5 Å². The number of nitrogens with two attached hydrogens (primary N) is 1. The van der Waals surface area contributed by atoms with Gasteiger partial charge in [-0.25, -0.2) is 0 Å². The number of thiophene rings is 1. The summed E-state index contributed by atoms with van der Waals surface area (Å²) in [6.45, 7) is 2.08. The van der Waals surface area contributed by atoms with Gasteiger partial charge in [-0.3, -0.25) is 0 Å². The molecule has 2 rings (SSSR count). The molecule has 1 aromatic heterocycles. The van der Waals surface area contributed by atoms with Crippen LogP contribution in [-0.2, 0) is 0 Å². The number of benzene rings is 1. The molecule has 0 radical (unpaired) electrons.